The molecule has 1 aliphatic rings. The highest BCUT2D eigenvalue weighted by Gasteiger charge is 2.22. The minimum atomic E-state index is -0.492. The van der Waals surface area contributed by atoms with Crippen molar-refractivity contribution >= 4 is 11.8 Å². The van der Waals surface area contributed by atoms with Crippen LogP contribution in [0.4, 0.5) is 0 Å². The average Bonchev–Trinajstić information content (AvgIpc) is 2.97. The summed E-state index contributed by atoms with van der Waals surface area (Å²) in [5.74, 6) is 0.164. The number of nitrogens with two attached hydrogens (primary N) is 1. The lowest BCUT2D eigenvalue weighted by Crippen LogP contribution is -2.39. The zero-order chi connectivity index (χ0) is 14.4. The number of amides is 2. The zero-order valence-corrected chi connectivity index (χ0v) is 11.7. The molecular formula is C15H22N2O3. The van der Waals surface area contributed by atoms with Gasteiger partial charge in [0.25, 0.3) is 5.91 Å². The minimum absolute atomic E-state index is 0.0494. The summed E-state index contributed by atoms with van der Waals surface area (Å²) >= 11 is 0. The van der Waals surface area contributed by atoms with Gasteiger partial charge in [-0.1, -0.05) is 32.1 Å². The number of hydrogen-bond acceptors (Lipinski definition) is 3. The molecule has 0 saturated heterocycles. The van der Waals surface area contributed by atoms with E-state index in [1.54, 1.807) is 12.1 Å². The predicted octanol–water partition coefficient (Wildman–Crippen LogP) is 2.18. The zero-order valence-electron chi connectivity index (χ0n) is 11.7. The molecule has 2 amide bonds. The van der Waals surface area contributed by atoms with Gasteiger partial charge in [0.2, 0.25) is 5.91 Å². The molecule has 5 heteroatoms. The fourth-order valence-electron chi connectivity index (χ4n) is 2.81. The Kier molecular flexibility index (Phi) is 5.21. The van der Waals surface area contributed by atoms with Crippen LogP contribution in [0.15, 0.2) is 22.8 Å². The van der Waals surface area contributed by atoms with E-state index in [1.165, 1.54) is 43.3 Å². The fourth-order valence-corrected chi connectivity index (χ4v) is 2.81. The SMILES string of the molecule is NC(=O)CN(CCC1CCCCC1)C(=O)c1ccco1. The summed E-state index contributed by atoms with van der Waals surface area (Å²) in [6, 6.07) is 3.27. The quantitative estimate of drug-likeness (QED) is 0.866. The predicted molar refractivity (Wildman–Crippen MR) is 75.0 cm³/mol. The summed E-state index contributed by atoms with van der Waals surface area (Å²) < 4.78 is 5.11. The van der Waals surface area contributed by atoms with Crippen molar-refractivity contribution in [2.24, 2.45) is 11.7 Å². The molecule has 2 rings (SSSR count). The highest BCUT2D eigenvalue weighted by Crippen LogP contribution is 2.26. The van der Waals surface area contributed by atoms with Gasteiger partial charge in [-0.3, -0.25) is 9.59 Å². The smallest absolute Gasteiger partial charge is 0.290 e. The van der Waals surface area contributed by atoms with E-state index in [9.17, 15) is 9.59 Å². The number of carbonyl (C=O) groups excluding carboxylic acids is 2. The molecule has 110 valence electrons. The van der Waals surface area contributed by atoms with Crippen molar-refractivity contribution in [3.8, 4) is 0 Å². The van der Waals surface area contributed by atoms with Crippen LogP contribution in [0.2, 0.25) is 0 Å². The third-order valence-electron chi connectivity index (χ3n) is 3.90. The maximum absolute atomic E-state index is 12.2. The Morgan fingerprint density at radius 3 is 2.65 bits per heavy atom. The molecule has 1 saturated carbocycles. The molecular weight excluding hydrogens is 256 g/mol. The van der Waals surface area contributed by atoms with Crippen LogP contribution in [0.1, 0.15) is 49.1 Å². The Balaban J connectivity index is 1.92. The van der Waals surface area contributed by atoms with Crippen molar-refractivity contribution in [2.75, 3.05) is 13.1 Å². The molecule has 20 heavy (non-hydrogen) atoms. The summed E-state index contributed by atoms with van der Waals surface area (Å²) in [7, 11) is 0. The van der Waals surface area contributed by atoms with Crippen LogP contribution in [-0.2, 0) is 4.79 Å². The Morgan fingerprint density at radius 1 is 1.30 bits per heavy atom. The molecule has 0 aromatic carbocycles. The second-order valence-corrected chi connectivity index (χ2v) is 5.46. The van der Waals surface area contributed by atoms with Crippen LogP contribution >= 0.6 is 0 Å². The van der Waals surface area contributed by atoms with E-state index >= 15 is 0 Å². The second kappa shape index (κ2) is 7.12. The van der Waals surface area contributed by atoms with Gasteiger partial charge in [-0.15, -0.1) is 0 Å². The van der Waals surface area contributed by atoms with Gasteiger partial charge in [0.05, 0.1) is 12.8 Å². The number of carbonyl (C=O) groups is 2. The van der Waals surface area contributed by atoms with Crippen molar-refractivity contribution in [1.82, 2.24) is 4.90 Å². The van der Waals surface area contributed by atoms with Gasteiger partial charge in [-0.2, -0.15) is 0 Å². The van der Waals surface area contributed by atoms with E-state index in [2.05, 4.69) is 0 Å². The van der Waals surface area contributed by atoms with Gasteiger partial charge in [0.1, 0.15) is 0 Å². The molecule has 0 radical (unpaired) electrons. The van der Waals surface area contributed by atoms with E-state index in [-0.39, 0.29) is 18.2 Å². The lowest BCUT2D eigenvalue weighted by molar-refractivity contribution is -0.118. The molecule has 2 N–H and O–H groups in total. The first-order valence-electron chi connectivity index (χ1n) is 7.28. The molecule has 1 heterocycles. The van der Waals surface area contributed by atoms with Crippen molar-refractivity contribution in [3.05, 3.63) is 24.2 Å². The van der Waals surface area contributed by atoms with Crippen molar-refractivity contribution < 1.29 is 14.0 Å². The van der Waals surface area contributed by atoms with E-state index in [1.807, 2.05) is 0 Å². The van der Waals surface area contributed by atoms with Crippen molar-refractivity contribution in [1.29, 1.82) is 0 Å². The number of furan rings is 1. The second-order valence-electron chi connectivity index (χ2n) is 5.46. The summed E-state index contributed by atoms with van der Waals surface area (Å²) in [6.45, 7) is 0.513. The Morgan fingerprint density at radius 2 is 2.05 bits per heavy atom. The first-order chi connectivity index (χ1) is 9.66. The summed E-state index contributed by atoms with van der Waals surface area (Å²) in [6.07, 6.45) is 8.68. The largest absolute Gasteiger partial charge is 0.459 e. The van der Waals surface area contributed by atoms with Crippen molar-refractivity contribution in [3.63, 3.8) is 0 Å². The molecule has 1 aromatic rings. The van der Waals surface area contributed by atoms with Crippen LogP contribution < -0.4 is 5.73 Å². The highest BCUT2D eigenvalue weighted by molar-refractivity contribution is 5.93. The van der Waals surface area contributed by atoms with Crippen LogP contribution in [0.3, 0.4) is 0 Å². The van der Waals surface area contributed by atoms with Gasteiger partial charge in [0, 0.05) is 6.54 Å². The standard InChI is InChI=1S/C15H22N2O3/c16-14(18)11-17(15(19)13-7-4-10-20-13)9-8-12-5-2-1-3-6-12/h4,7,10,12H,1-3,5-6,8-9,11H2,(H2,16,18). The molecule has 1 fully saturated rings. The van der Waals surface area contributed by atoms with Gasteiger partial charge in [0.15, 0.2) is 5.76 Å². The van der Waals surface area contributed by atoms with Gasteiger partial charge < -0.3 is 15.1 Å². The summed E-state index contributed by atoms with van der Waals surface area (Å²) in [4.78, 5) is 24.9. The first-order valence-corrected chi connectivity index (χ1v) is 7.28. The number of rotatable bonds is 6. The van der Waals surface area contributed by atoms with Crippen LogP contribution in [0.5, 0.6) is 0 Å². The molecule has 0 bridgehead atoms. The fraction of sp³-hybridized carbons (Fsp3) is 0.600. The van der Waals surface area contributed by atoms with Crippen LogP contribution in [-0.4, -0.2) is 29.8 Å². The molecule has 0 spiro atoms. The Bertz CT molecular complexity index is 436. The Labute approximate surface area is 119 Å². The molecule has 0 atom stereocenters. The number of hydrogen-bond donors (Lipinski definition) is 1. The van der Waals surface area contributed by atoms with Crippen LogP contribution in [0, 0.1) is 5.92 Å². The van der Waals surface area contributed by atoms with Crippen molar-refractivity contribution in [2.45, 2.75) is 38.5 Å². The van der Waals surface area contributed by atoms with E-state index in [4.69, 9.17) is 10.2 Å². The van der Waals surface area contributed by atoms with E-state index in [0.29, 0.717) is 12.5 Å². The lowest BCUT2D eigenvalue weighted by Gasteiger charge is -2.25. The first kappa shape index (κ1) is 14.6. The summed E-state index contributed by atoms with van der Waals surface area (Å²) in [5.41, 5.74) is 5.23. The monoisotopic (exact) mass is 278 g/mol. The molecule has 1 aliphatic carbocycles. The minimum Gasteiger partial charge on any atom is -0.459 e. The third kappa shape index (κ3) is 4.11. The lowest BCUT2D eigenvalue weighted by atomic mass is 9.87. The van der Waals surface area contributed by atoms with E-state index < -0.39 is 5.91 Å². The van der Waals surface area contributed by atoms with Gasteiger partial charge in [-0.05, 0) is 24.5 Å². The highest BCUT2D eigenvalue weighted by atomic mass is 16.3. The number of primary amides is 1. The van der Waals surface area contributed by atoms with Gasteiger partial charge in [-0.25, -0.2) is 0 Å². The summed E-state index contributed by atoms with van der Waals surface area (Å²) in [5, 5.41) is 0. The molecule has 5 nitrogen and oxygen atoms in total. The average molecular weight is 278 g/mol. The third-order valence-corrected chi connectivity index (χ3v) is 3.90. The van der Waals surface area contributed by atoms with Gasteiger partial charge >= 0.3 is 0 Å². The topological polar surface area (TPSA) is 76.5 Å². The molecule has 1 aromatic heterocycles. The Hall–Kier alpha value is -1.78. The normalized spacial score (nSPS) is 16.0. The maximum Gasteiger partial charge on any atom is 0.290 e. The number of nitrogens with zero attached hydrogens (tertiary/aromatic N) is 1. The van der Waals surface area contributed by atoms with Crippen LogP contribution in [0.25, 0.3) is 0 Å². The maximum atomic E-state index is 12.2. The molecule has 0 aliphatic heterocycles. The molecule has 0 unspecified atom stereocenters. The van der Waals surface area contributed by atoms with E-state index in [0.717, 1.165) is 6.42 Å².